The quantitative estimate of drug-likeness (QED) is 0.422. The summed E-state index contributed by atoms with van der Waals surface area (Å²) in [5.41, 5.74) is 3.22. The van der Waals surface area contributed by atoms with E-state index in [1.807, 2.05) is 29.2 Å². The van der Waals surface area contributed by atoms with E-state index >= 15 is 0 Å². The van der Waals surface area contributed by atoms with Crippen LogP contribution in [-0.4, -0.2) is 21.6 Å². The fourth-order valence-electron chi connectivity index (χ4n) is 5.29. The molecule has 0 fully saturated rings. The molecule has 0 saturated carbocycles. The Morgan fingerprint density at radius 3 is 2.12 bits per heavy atom. The molecular weight excluding hydrogens is 488 g/mol. The number of anilines is 1. The van der Waals surface area contributed by atoms with Crippen LogP contribution in [0.25, 0.3) is 0 Å². The van der Waals surface area contributed by atoms with Gasteiger partial charge in [-0.05, 0) is 43.9 Å². The fraction of sp³-hybridized carbons (Fsp3) is 0.280. The van der Waals surface area contributed by atoms with E-state index in [1.54, 1.807) is 6.07 Å². The van der Waals surface area contributed by atoms with E-state index in [-0.39, 0.29) is 17.1 Å². The molecule has 0 bridgehead atoms. The lowest BCUT2D eigenvalue weighted by molar-refractivity contribution is -0.385. The van der Waals surface area contributed by atoms with Crippen LogP contribution in [-0.2, 0) is 9.59 Å². The number of nitrogens with zero attached hydrogens (tertiary/aromatic N) is 2. The highest BCUT2D eigenvalue weighted by Gasteiger charge is 2.45. The fourth-order valence-corrected chi connectivity index (χ4v) is 5.67. The largest absolute Gasteiger partial charge is 0.502 e. The Bertz CT molecular complexity index is 1240. The lowest BCUT2D eigenvalue weighted by atomic mass is 9.70. The molecule has 0 amide bonds. The van der Waals surface area contributed by atoms with Crippen LogP contribution in [0.5, 0.6) is 5.75 Å². The Labute approximate surface area is 198 Å². The summed E-state index contributed by atoms with van der Waals surface area (Å²) in [6.45, 7) is 0. The van der Waals surface area contributed by atoms with Crippen LogP contribution >= 0.6 is 15.9 Å². The van der Waals surface area contributed by atoms with Crippen molar-refractivity contribution in [3.05, 3.63) is 85.2 Å². The number of aromatic hydroxyl groups is 1. The van der Waals surface area contributed by atoms with E-state index in [0.29, 0.717) is 49.7 Å². The van der Waals surface area contributed by atoms with Gasteiger partial charge in [0.2, 0.25) is 0 Å². The van der Waals surface area contributed by atoms with Crippen LogP contribution in [0.4, 0.5) is 11.4 Å². The van der Waals surface area contributed by atoms with Crippen molar-refractivity contribution < 1.29 is 19.6 Å². The van der Waals surface area contributed by atoms with Gasteiger partial charge in [0.05, 0.1) is 4.92 Å². The molecule has 5 rings (SSSR count). The molecule has 1 heterocycles. The van der Waals surface area contributed by atoms with Crippen molar-refractivity contribution in [1.29, 1.82) is 0 Å². The van der Waals surface area contributed by atoms with Gasteiger partial charge in [-0.3, -0.25) is 19.7 Å². The summed E-state index contributed by atoms with van der Waals surface area (Å²) in [7, 11) is 0. The van der Waals surface area contributed by atoms with Crippen molar-refractivity contribution in [2.75, 3.05) is 4.90 Å². The number of phenols is 1. The molecule has 0 saturated heterocycles. The summed E-state index contributed by atoms with van der Waals surface area (Å²) in [4.78, 5) is 39.5. The first-order valence-electron chi connectivity index (χ1n) is 10.9. The van der Waals surface area contributed by atoms with Gasteiger partial charge >= 0.3 is 5.69 Å². The number of carbonyl (C=O) groups excluding carboxylic acids is 2. The molecular formula is C25H21BrN2O5. The van der Waals surface area contributed by atoms with Gasteiger partial charge < -0.3 is 10.0 Å². The maximum atomic E-state index is 13.3. The maximum Gasteiger partial charge on any atom is 0.311 e. The first kappa shape index (κ1) is 21.6. The third-order valence-electron chi connectivity index (χ3n) is 6.59. The number of rotatable bonds is 3. The summed E-state index contributed by atoms with van der Waals surface area (Å²) < 4.78 is 0.882. The zero-order chi connectivity index (χ0) is 23.3. The van der Waals surface area contributed by atoms with Crippen molar-refractivity contribution in [3.8, 4) is 5.75 Å². The van der Waals surface area contributed by atoms with Crippen LogP contribution in [0.1, 0.15) is 50.0 Å². The van der Waals surface area contributed by atoms with Crippen LogP contribution in [0.3, 0.4) is 0 Å². The molecule has 0 aromatic heterocycles. The SMILES string of the molecule is O=C1CCCC2=C1C(c1cccc([N+](=O)[O-])c1O)C1=C(CCCC1=O)N2c1cccc(Br)c1. The van der Waals surface area contributed by atoms with Gasteiger partial charge in [0, 0.05) is 63.1 Å². The minimum absolute atomic E-state index is 0.0860. The monoisotopic (exact) mass is 508 g/mol. The number of carbonyl (C=O) groups is 2. The van der Waals surface area contributed by atoms with Crippen molar-refractivity contribution >= 4 is 38.9 Å². The number of hydrogen-bond acceptors (Lipinski definition) is 6. The third-order valence-corrected chi connectivity index (χ3v) is 7.09. The number of ketones is 2. The standard InChI is InChI=1S/C25H21BrN2O5/c26-14-5-1-6-15(13-14)27-17-8-3-11-20(29)23(17)22(24-18(27)9-4-12-21(24)30)16-7-2-10-19(25(16)31)28(32)33/h1-2,5-7,10,13,22,31H,3-4,8-9,11-12H2. The van der Waals surface area contributed by atoms with Gasteiger partial charge in [-0.2, -0.15) is 0 Å². The zero-order valence-corrected chi connectivity index (χ0v) is 19.3. The first-order valence-corrected chi connectivity index (χ1v) is 11.7. The number of nitro groups is 1. The minimum atomic E-state index is -0.807. The predicted octanol–water partition coefficient (Wildman–Crippen LogP) is 5.68. The van der Waals surface area contributed by atoms with Crippen LogP contribution in [0.15, 0.2) is 69.5 Å². The number of nitro benzene ring substituents is 1. The molecule has 3 aliphatic rings. The Hall–Kier alpha value is -3.26. The van der Waals surface area contributed by atoms with Crippen molar-refractivity contribution in [2.45, 2.75) is 44.4 Å². The Morgan fingerprint density at radius 2 is 1.55 bits per heavy atom. The molecule has 0 radical (unpaired) electrons. The van der Waals surface area contributed by atoms with E-state index in [9.17, 15) is 24.8 Å². The van der Waals surface area contributed by atoms with Gasteiger partial charge in [-0.15, -0.1) is 0 Å². The third kappa shape index (κ3) is 3.49. The smallest absolute Gasteiger partial charge is 0.311 e. The second-order valence-electron chi connectivity index (χ2n) is 8.49. The molecule has 7 nitrogen and oxygen atoms in total. The lowest BCUT2D eigenvalue weighted by Crippen LogP contribution is -2.39. The molecule has 1 N–H and O–H groups in total. The highest BCUT2D eigenvalue weighted by molar-refractivity contribution is 9.10. The van der Waals surface area contributed by atoms with E-state index in [0.717, 1.165) is 21.6 Å². The van der Waals surface area contributed by atoms with E-state index in [4.69, 9.17) is 0 Å². The second kappa shape index (κ2) is 8.26. The molecule has 0 unspecified atom stereocenters. The number of benzene rings is 2. The molecule has 0 spiro atoms. The Morgan fingerprint density at radius 1 is 0.939 bits per heavy atom. The highest BCUT2D eigenvalue weighted by atomic mass is 79.9. The van der Waals surface area contributed by atoms with E-state index in [1.165, 1.54) is 12.1 Å². The molecule has 2 aliphatic carbocycles. The Balaban J connectivity index is 1.82. The number of hydrogen-bond donors (Lipinski definition) is 1. The molecule has 2 aromatic carbocycles. The van der Waals surface area contributed by atoms with Gasteiger partial charge in [-0.25, -0.2) is 0 Å². The number of phenolic OH excluding ortho intramolecular Hbond substituents is 1. The summed E-state index contributed by atoms with van der Waals surface area (Å²) in [5.74, 6) is -1.47. The van der Waals surface area contributed by atoms with Crippen molar-refractivity contribution in [2.24, 2.45) is 0 Å². The molecule has 8 heteroatoms. The predicted molar refractivity (Wildman–Crippen MR) is 126 cm³/mol. The normalized spacial score (nSPS) is 19.0. The summed E-state index contributed by atoms with van der Waals surface area (Å²) >= 11 is 3.52. The molecule has 0 atom stereocenters. The number of halogens is 1. The number of Topliss-reactive ketones (excluding diaryl/α,β-unsaturated/α-hetero) is 2. The molecule has 1 aliphatic heterocycles. The summed E-state index contributed by atoms with van der Waals surface area (Å²) in [5, 5.41) is 22.3. The Kier molecular flexibility index (Phi) is 5.40. The number of para-hydroxylation sites is 1. The lowest BCUT2D eigenvalue weighted by Gasteiger charge is -2.44. The maximum absolute atomic E-state index is 13.3. The topological polar surface area (TPSA) is 101 Å². The second-order valence-corrected chi connectivity index (χ2v) is 9.41. The van der Waals surface area contributed by atoms with Crippen LogP contribution < -0.4 is 4.90 Å². The van der Waals surface area contributed by atoms with Crippen molar-refractivity contribution in [1.82, 2.24) is 0 Å². The van der Waals surface area contributed by atoms with Crippen molar-refractivity contribution in [3.63, 3.8) is 0 Å². The molecule has 33 heavy (non-hydrogen) atoms. The highest BCUT2D eigenvalue weighted by Crippen LogP contribution is 2.52. The van der Waals surface area contributed by atoms with Gasteiger partial charge in [0.15, 0.2) is 17.3 Å². The number of allylic oxidation sites excluding steroid dienone is 4. The molecule has 168 valence electrons. The van der Waals surface area contributed by atoms with Crippen LogP contribution in [0.2, 0.25) is 0 Å². The first-order chi connectivity index (χ1) is 15.9. The minimum Gasteiger partial charge on any atom is -0.502 e. The summed E-state index contributed by atoms with van der Waals surface area (Å²) in [6.07, 6.45) is 3.34. The van der Waals surface area contributed by atoms with E-state index < -0.39 is 22.3 Å². The van der Waals surface area contributed by atoms with Gasteiger partial charge in [-0.1, -0.05) is 34.1 Å². The summed E-state index contributed by atoms with van der Waals surface area (Å²) in [6, 6.07) is 12.0. The van der Waals surface area contributed by atoms with Crippen LogP contribution in [0, 0.1) is 10.1 Å². The van der Waals surface area contributed by atoms with Gasteiger partial charge in [0.1, 0.15) is 0 Å². The van der Waals surface area contributed by atoms with E-state index in [2.05, 4.69) is 15.9 Å². The average Bonchev–Trinajstić information content (AvgIpc) is 2.78. The molecule has 2 aromatic rings. The zero-order valence-electron chi connectivity index (χ0n) is 17.7. The van der Waals surface area contributed by atoms with Gasteiger partial charge in [0.25, 0.3) is 0 Å². The average molecular weight is 509 g/mol.